The molecule has 0 aliphatic carbocycles. The fourth-order valence-electron chi connectivity index (χ4n) is 2.49. The van der Waals surface area contributed by atoms with Crippen LogP contribution in [0.1, 0.15) is 18.5 Å². The molecular formula is C19H21N3O2S. The molecule has 0 unspecified atom stereocenters. The first-order valence-electron chi connectivity index (χ1n) is 8.33. The van der Waals surface area contributed by atoms with Gasteiger partial charge in [-0.15, -0.1) is 11.3 Å². The summed E-state index contributed by atoms with van der Waals surface area (Å²) in [5.74, 6) is 0.886. The summed E-state index contributed by atoms with van der Waals surface area (Å²) in [6, 6.07) is 13.7. The molecule has 25 heavy (non-hydrogen) atoms. The Morgan fingerprint density at radius 3 is 2.88 bits per heavy atom. The van der Waals surface area contributed by atoms with Gasteiger partial charge < -0.3 is 15.0 Å². The number of H-pyrrole nitrogens is 1. The maximum Gasteiger partial charge on any atom is 0.220 e. The highest BCUT2D eigenvalue weighted by atomic mass is 32.1. The minimum Gasteiger partial charge on any atom is -0.494 e. The van der Waals surface area contributed by atoms with Gasteiger partial charge in [-0.25, -0.2) is 4.98 Å². The number of benzene rings is 1. The Bertz CT molecular complexity index is 769. The molecule has 0 fully saturated rings. The molecule has 0 saturated heterocycles. The maximum atomic E-state index is 11.9. The van der Waals surface area contributed by atoms with Crippen LogP contribution in [0.4, 0.5) is 0 Å². The van der Waals surface area contributed by atoms with E-state index in [-0.39, 0.29) is 5.91 Å². The van der Waals surface area contributed by atoms with Crippen LogP contribution in [0.3, 0.4) is 0 Å². The lowest BCUT2D eigenvalue weighted by molar-refractivity contribution is -0.121. The van der Waals surface area contributed by atoms with Crippen LogP contribution in [0, 0.1) is 0 Å². The average molecular weight is 355 g/mol. The number of para-hydroxylation sites is 1. The number of aromatic nitrogens is 2. The van der Waals surface area contributed by atoms with Crippen LogP contribution in [0.2, 0.25) is 0 Å². The second-order valence-corrected chi connectivity index (χ2v) is 6.52. The third-order valence-corrected chi connectivity index (χ3v) is 4.61. The monoisotopic (exact) mass is 355 g/mol. The molecule has 1 amide bonds. The van der Waals surface area contributed by atoms with E-state index in [0.717, 1.165) is 28.4 Å². The van der Waals surface area contributed by atoms with Crippen molar-refractivity contribution in [3.05, 3.63) is 59.9 Å². The van der Waals surface area contributed by atoms with E-state index >= 15 is 0 Å². The topological polar surface area (TPSA) is 67.0 Å². The van der Waals surface area contributed by atoms with Crippen LogP contribution in [-0.4, -0.2) is 29.0 Å². The second kappa shape index (κ2) is 9.03. The number of carbonyl (C=O) groups excluding carboxylic acids is 1. The highest BCUT2D eigenvalue weighted by Crippen LogP contribution is 2.25. The normalized spacial score (nSPS) is 10.6. The number of amides is 1. The number of aromatic amines is 1. The van der Waals surface area contributed by atoms with Gasteiger partial charge in [-0.1, -0.05) is 24.3 Å². The smallest absolute Gasteiger partial charge is 0.220 e. The first-order valence-corrected chi connectivity index (χ1v) is 9.21. The summed E-state index contributed by atoms with van der Waals surface area (Å²) < 4.78 is 5.58. The Morgan fingerprint density at radius 1 is 1.20 bits per heavy atom. The molecule has 0 aliphatic rings. The molecule has 5 nitrogen and oxygen atoms in total. The van der Waals surface area contributed by atoms with Crippen LogP contribution in [-0.2, 0) is 11.2 Å². The van der Waals surface area contributed by atoms with Crippen LogP contribution >= 0.6 is 11.3 Å². The number of thiophene rings is 1. The number of hydrogen-bond acceptors (Lipinski definition) is 4. The molecule has 2 heterocycles. The van der Waals surface area contributed by atoms with E-state index < -0.39 is 0 Å². The third-order valence-electron chi connectivity index (χ3n) is 3.73. The summed E-state index contributed by atoms with van der Waals surface area (Å²) >= 11 is 1.66. The van der Waals surface area contributed by atoms with Gasteiger partial charge in [0.05, 0.1) is 17.8 Å². The molecule has 0 radical (unpaired) electrons. The minimum absolute atomic E-state index is 0.0499. The second-order valence-electron chi connectivity index (χ2n) is 5.57. The van der Waals surface area contributed by atoms with E-state index in [4.69, 9.17) is 4.74 Å². The van der Waals surface area contributed by atoms with Gasteiger partial charge in [0.15, 0.2) is 0 Å². The lowest BCUT2D eigenvalue weighted by Crippen LogP contribution is -2.26. The van der Waals surface area contributed by atoms with Gasteiger partial charge in [0.25, 0.3) is 0 Å². The number of rotatable bonds is 9. The molecular weight excluding hydrogens is 334 g/mol. The van der Waals surface area contributed by atoms with Gasteiger partial charge in [-0.05, 0) is 30.0 Å². The number of nitrogens with one attached hydrogen (secondary N) is 2. The van der Waals surface area contributed by atoms with E-state index in [1.54, 1.807) is 17.7 Å². The first-order chi connectivity index (χ1) is 12.3. The van der Waals surface area contributed by atoms with Crippen LogP contribution in [0.5, 0.6) is 5.75 Å². The van der Waals surface area contributed by atoms with Gasteiger partial charge in [0.2, 0.25) is 5.91 Å². The Kier molecular flexibility index (Phi) is 6.23. The summed E-state index contributed by atoms with van der Waals surface area (Å²) in [6.07, 6.45) is 3.60. The van der Waals surface area contributed by atoms with Crippen LogP contribution in [0.15, 0.2) is 54.2 Å². The van der Waals surface area contributed by atoms with E-state index in [2.05, 4.69) is 21.4 Å². The number of carbonyl (C=O) groups is 1. The molecule has 6 heteroatoms. The summed E-state index contributed by atoms with van der Waals surface area (Å²) in [5.41, 5.74) is 2.02. The lowest BCUT2D eigenvalue weighted by atomic mass is 10.2. The van der Waals surface area contributed by atoms with Crippen LogP contribution < -0.4 is 10.1 Å². The Hall–Kier alpha value is -2.60. The van der Waals surface area contributed by atoms with Gasteiger partial charge in [0, 0.05) is 25.1 Å². The number of nitrogens with zero attached hydrogens (tertiary/aromatic N) is 1. The molecule has 2 aromatic heterocycles. The summed E-state index contributed by atoms with van der Waals surface area (Å²) in [5, 5.41) is 4.99. The highest BCUT2D eigenvalue weighted by molar-refractivity contribution is 7.13. The summed E-state index contributed by atoms with van der Waals surface area (Å²) in [7, 11) is 0. The molecule has 3 aromatic rings. The lowest BCUT2D eigenvalue weighted by Gasteiger charge is -2.07. The highest BCUT2D eigenvalue weighted by Gasteiger charge is 2.09. The summed E-state index contributed by atoms with van der Waals surface area (Å²) in [6.45, 7) is 1.14. The van der Waals surface area contributed by atoms with Crippen molar-refractivity contribution >= 4 is 17.2 Å². The molecule has 2 N–H and O–H groups in total. The molecule has 130 valence electrons. The van der Waals surface area contributed by atoms with E-state index in [1.165, 1.54) is 0 Å². The fraction of sp³-hybridized carbons (Fsp3) is 0.263. The Labute approximate surface area is 151 Å². The number of hydrogen-bond donors (Lipinski definition) is 2. The predicted octanol–water partition coefficient (Wildman–Crippen LogP) is 3.66. The van der Waals surface area contributed by atoms with Crippen molar-refractivity contribution in [3.63, 3.8) is 0 Å². The van der Waals surface area contributed by atoms with Crippen molar-refractivity contribution in [2.45, 2.75) is 19.3 Å². The van der Waals surface area contributed by atoms with Crippen molar-refractivity contribution < 1.29 is 9.53 Å². The van der Waals surface area contributed by atoms with E-state index in [9.17, 15) is 4.79 Å². The van der Waals surface area contributed by atoms with Gasteiger partial charge in [-0.3, -0.25) is 4.79 Å². The molecule has 0 aliphatic heterocycles. The average Bonchev–Trinajstić information content (AvgIpc) is 3.31. The molecule has 1 aromatic carbocycles. The molecule has 3 rings (SSSR count). The fourth-order valence-corrected chi connectivity index (χ4v) is 3.24. The Balaban J connectivity index is 1.34. The number of imidazole rings is 1. The molecule has 0 spiro atoms. The van der Waals surface area contributed by atoms with Crippen molar-refractivity contribution in [1.82, 2.24) is 15.3 Å². The van der Waals surface area contributed by atoms with Crippen molar-refractivity contribution in [2.75, 3.05) is 13.2 Å². The zero-order chi connectivity index (χ0) is 17.3. The van der Waals surface area contributed by atoms with Crippen molar-refractivity contribution in [3.8, 4) is 16.3 Å². The van der Waals surface area contributed by atoms with Gasteiger partial charge >= 0.3 is 0 Å². The summed E-state index contributed by atoms with van der Waals surface area (Å²) in [4.78, 5) is 20.6. The predicted molar refractivity (Wildman–Crippen MR) is 99.8 cm³/mol. The standard InChI is InChI=1S/C19H21N3O2S/c23-18(9-4-12-24-15-6-2-1-3-7-15)20-11-10-16-19(22-14-21-16)17-8-5-13-25-17/h1-3,5-8,13-14H,4,9-12H2,(H,20,23)(H,21,22). The van der Waals surface area contributed by atoms with Crippen LogP contribution in [0.25, 0.3) is 10.6 Å². The zero-order valence-electron chi connectivity index (χ0n) is 13.9. The van der Waals surface area contributed by atoms with E-state index in [1.807, 2.05) is 41.8 Å². The van der Waals surface area contributed by atoms with Gasteiger partial charge in [0.1, 0.15) is 11.4 Å². The first kappa shape index (κ1) is 17.2. The zero-order valence-corrected chi connectivity index (χ0v) is 14.7. The molecule has 0 saturated carbocycles. The quantitative estimate of drug-likeness (QED) is 0.576. The minimum atomic E-state index is 0.0499. The SMILES string of the molecule is O=C(CCCOc1ccccc1)NCCc1[nH]cnc1-c1cccs1. The molecule has 0 bridgehead atoms. The van der Waals surface area contributed by atoms with Gasteiger partial charge in [-0.2, -0.15) is 0 Å². The van der Waals surface area contributed by atoms with E-state index in [0.29, 0.717) is 26.0 Å². The third kappa shape index (κ3) is 5.19. The largest absolute Gasteiger partial charge is 0.494 e. The maximum absolute atomic E-state index is 11.9. The molecule has 0 atom stereocenters. The Morgan fingerprint density at radius 2 is 2.08 bits per heavy atom. The van der Waals surface area contributed by atoms with Crippen molar-refractivity contribution in [1.29, 1.82) is 0 Å². The number of ether oxygens (including phenoxy) is 1. The van der Waals surface area contributed by atoms with Crippen molar-refractivity contribution in [2.24, 2.45) is 0 Å².